The van der Waals surface area contributed by atoms with Crippen LogP contribution in [0.5, 0.6) is 11.5 Å². The highest BCUT2D eigenvalue weighted by Crippen LogP contribution is 2.32. The third-order valence-corrected chi connectivity index (χ3v) is 4.14. The molecule has 1 atom stereocenters. The van der Waals surface area contributed by atoms with Crippen molar-refractivity contribution in [1.29, 1.82) is 0 Å². The van der Waals surface area contributed by atoms with E-state index in [-0.39, 0.29) is 18.7 Å². The van der Waals surface area contributed by atoms with Gasteiger partial charge in [0.15, 0.2) is 11.5 Å². The molecule has 0 bridgehead atoms. The Morgan fingerprint density at radius 2 is 1.96 bits per heavy atom. The molecular formula is C16H20N2O5. The van der Waals surface area contributed by atoms with Gasteiger partial charge in [0.1, 0.15) is 6.04 Å². The van der Waals surface area contributed by atoms with Gasteiger partial charge in [-0.15, -0.1) is 0 Å². The van der Waals surface area contributed by atoms with Crippen molar-refractivity contribution in [2.75, 3.05) is 13.4 Å². The van der Waals surface area contributed by atoms with E-state index in [4.69, 9.17) is 9.47 Å². The number of aliphatic hydroxyl groups is 1. The molecule has 3 N–H and O–H groups in total. The summed E-state index contributed by atoms with van der Waals surface area (Å²) in [6.07, 6.45) is 4.08. The van der Waals surface area contributed by atoms with Crippen LogP contribution < -0.4 is 20.1 Å². The lowest BCUT2D eigenvalue weighted by Gasteiger charge is -2.19. The summed E-state index contributed by atoms with van der Waals surface area (Å²) < 4.78 is 10.4. The van der Waals surface area contributed by atoms with Crippen molar-refractivity contribution in [2.45, 2.75) is 37.8 Å². The highest BCUT2D eigenvalue weighted by atomic mass is 16.7. The second kappa shape index (κ2) is 6.87. The van der Waals surface area contributed by atoms with E-state index in [0.29, 0.717) is 17.1 Å². The zero-order valence-electron chi connectivity index (χ0n) is 12.7. The SMILES string of the molecule is O=C(NC(CO)C(=O)NC1CCCC1)c1ccc2c(c1)OCO2. The normalized spacial score (nSPS) is 17.8. The molecule has 1 aromatic carbocycles. The number of carbonyl (C=O) groups excluding carboxylic acids is 2. The Bertz CT molecular complexity index is 598. The molecule has 1 heterocycles. The molecule has 3 rings (SSSR count). The Kier molecular flexibility index (Phi) is 4.66. The number of hydrogen-bond donors (Lipinski definition) is 3. The van der Waals surface area contributed by atoms with E-state index in [1.165, 1.54) is 0 Å². The van der Waals surface area contributed by atoms with Gasteiger partial charge in [0, 0.05) is 11.6 Å². The molecule has 1 aliphatic heterocycles. The standard InChI is InChI=1S/C16H20N2O5/c19-8-12(16(21)17-11-3-1-2-4-11)18-15(20)10-5-6-13-14(7-10)23-9-22-13/h5-7,11-12,19H,1-4,8-9H2,(H,17,21)(H,18,20). The van der Waals surface area contributed by atoms with Crippen LogP contribution in [-0.4, -0.2) is 42.4 Å². The summed E-state index contributed by atoms with van der Waals surface area (Å²) in [7, 11) is 0. The first-order valence-corrected chi connectivity index (χ1v) is 7.79. The summed E-state index contributed by atoms with van der Waals surface area (Å²) in [5.41, 5.74) is 0.348. The lowest BCUT2D eigenvalue weighted by Crippen LogP contribution is -2.51. The number of rotatable bonds is 5. The van der Waals surface area contributed by atoms with Crippen LogP contribution in [0.15, 0.2) is 18.2 Å². The minimum atomic E-state index is -0.964. The Morgan fingerprint density at radius 1 is 1.22 bits per heavy atom. The Balaban J connectivity index is 1.61. The largest absolute Gasteiger partial charge is 0.454 e. The highest BCUT2D eigenvalue weighted by molar-refractivity contribution is 5.98. The van der Waals surface area contributed by atoms with Gasteiger partial charge >= 0.3 is 0 Å². The molecule has 1 aromatic rings. The molecule has 7 heteroatoms. The van der Waals surface area contributed by atoms with E-state index in [9.17, 15) is 14.7 Å². The van der Waals surface area contributed by atoms with Crippen molar-refractivity contribution in [1.82, 2.24) is 10.6 Å². The van der Waals surface area contributed by atoms with Gasteiger partial charge in [-0.3, -0.25) is 9.59 Å². The molecule has 0 aromatic heterocycles. The van der Waals surface area contributed by atoms with Crippen LogP contribution in [0.25, 0.3) is 0 Å². The number of fused-ring (bicyclic) bond motifs is 1. The zero-order chi connectivity index (χ0) is 16.2. The Morgan fingerprint density at radius 3 is 2.70 bits per heavy atom. The zero-order valence-corrected chi connectivity index (χ0v) is 12.7. The summed E-state index contributed by atoms with van der Waals surface area (Å²) in [5, 5.41) is 14.8. The molecule has 1 saturated carbocycles. The molecule has 0 saturated heterocycles. The average Bonchev–Trinajstić information content (AvgIpc) is 3.22. The molecule has 23 heavy (non-hydrogen) atoms. The predicted octanol–water partition coefficient (Wildman–Crippen LogP) is 0.565. The minimum absolute atomic E-state index is 0.128. The molecule has 124 valence electrons. The predicted molar refractivity (Wildman–Crippen MR) is 81.3 cm³/mol. The second-order valence-electron chi connectivity index (χ2n) is 5.77. The van der Waals surface area contributed by atoms with Crippen LogP contribution in [0.1, 0.15) is 36.0 Å². The number of carbonyl (C=O) groups is 2. The van der Waals surface area contributed by atoms with Crippen molar-refractivity contribution in [3.8, 4) is 11.5 Å². The van der Waals surface area contributed by atoms with Crippen molar-refractivity contribution in [3.63, 3.8) is 0 Å². The van der Waals surface area contributed by atoms with E-state index in [1.807, 2.05) is 0 Å². The first kappa shape index (κ1) is 15.6. The number of benzene rings is 1. The quantitative estimate of drug-likeness (QED) is 0.737. The fourth-order valence-corrected chi connectivity index (χ4v) is 2.85. The Labute approximate surface area is 134 Å². The van der Waals surface area contributed by atoms with Crippen LogP contribution in [0.2, 0.25) is 0 Å². The fourth-order valence-electron chi connectivity index (χ4n) is 2.85. The number of hydrogen-bond acceptors (Lipinski definition) is 5. The second-order valence-corrected chi connectivity index (χ2v) is 5.77. The summed E-state index contributed by atoms with van der Waals surface area (Å²) in [6, 6.07) is 3.96. The first-order valence-electron chi connectivity index (χ1n) is 7.79. The average molecular weight is 320 g/mol. The monoisotopic (exact) mass is 320 g/mol. The highest BCUT2D eigenvalue weighted by Gasteiger charge is 2.25. The molecule has 7 nitrogen and oxygen atoms in total. The lowest BCUT2D eigenvalue weighted by atomic mass is 10.1. The Hall–Kier alpha value is -2.28. The molecular weight excluding hydrogens is 300 g/mol. The topological polar surface area (TPSA) is 96.9 Å². The van der Waals surface area contributed by atoms with Crippen LogP contribution in [0, 0.1) is 0 Å². The van der Waals surface area contributed by atoms with Gasteiger partial charge in [0.05, 0.1) is 6.61 Å². The molecule has 0 radical (unpaired) electrons. The van der Waals surface area contributed by atoms with Gasteiger partial charge in [-0.05, 0) is 31.0 Å². The molecule has 1 unspecified atom stereocenters. The van der Waals surface area contributed by atoms with E-state index in [0.717, 1.165) is 25.7 Å². The fraction of sp³-hybridized carbons (Fsp3) is 0.500. The number of nitrogens with one attached hydrogen (secondary N) is 2. The third-order valence-electron chi connectivity index (χ3n) is 4.14. The summed E-state index contributed by atoms with van der Waals surface area (Å²) in [5.74, 6) is 0.283. The molecule has 2 amide bonds. The van der Waals surface area contributed by atoms with E-state index in [2.05, 4.69) is 10.6 Å². The number of amides is 2. The van der Waals surface area contributed by atoms with Crippen LogP contribution in [-0.2, 0) is 4.79 Å². The minimum Gasteiger partial charge on any atom is -0.454 e. The van der Waals surface area contributed by atoms with Crippen molar-refractivity contribution >= 4 is 11.8 Å². The molecule has 2 aliphatic rings. The van der Waals surface area contributed by atoms with Crippen LogP contribution in [0.4, 0.5) is 0 Å². The molecule has 0 spiro atoms. The van der Waals surface area contributed by atoms with Crippen LogP contribution in [0.3, 0.4) is 0 Å². The third kappa shape index (κ3) is 3.56. The summed E-state index contributed by atoms with van der Waals surface area (Å²) >= 11 is 0. The maximum absolute atomic E-state index is 12.3. The number of ether oxygens (including phenoxy) is 2. The van der Waals surface area contributed by atoms with Crippen molar-refractivity contribution < 1.29 is 24.2 Å². The van der Waals surface area contributed by atoms with E-state index >= 15 is 0 Å². The van der Waals surface area contributed by atoms with Gasteiger partial charge in [-0.2, -0.15) is 0 Å². The lowest BCUT2D eigenvalue weighted by molar-refractivity contribution is -0.124. The summed E-state index contributed by atoms with van der Waals surface area (Å²) in [4.78, 5) is 24.4. The maximum Gasteiger partial charge on any atom is 0.252 e. The van der Waals surface area contributed by atoms with Gasteiger partial charge < -0.3 is 25.2 Å². The van der Waals surface area contributed by atoms with E-state index < -0.39 is 18.6 Å². The molecule has 1 aliphatic carbocycles. The first-order chi connectivity index (χ1) is 11.2. The van der Waals surface area contributed by atoms with Crippen LogP contribution >= 0.6 is 0 Å². The molecule has 1 fully saturated rings. The van der Waals surface area contributed by atoms with Gasteiger partial charge in [-0.25, -0.2) is 0 Å². The van der Waals surface area contributed by atoms with Gasteiger partial charge in [0.25, 0.3) is 5.91 Å². The van der Waals surface area contributed by atoms with Crippen molar-refractivity contribution in [2.24, 2.45) is 0 Å². The van der Waals surface area contributed by atoms with E-state index in [1.54, 1.807) is 18.2 Å². The number of aliphatic hydroxyl groups excluding tert-OH is 1. The van der Waals surface area contributed by atoms with Gasteiger partial charge in [-0.1, -0.05) is 12.8 Å². The smallest absolute Gasteiger partial charge is 0.252 e. The van der Waals surface area contributed by atoms with Crippen molar-refractivity contribution in [3.05, 3.63) is 23.8 Å². The van der Waals surface area contributed by atoms with Gasteiger partial charge in [0.2, 0.25) is 12.7 Å². The maximum atomic E-state index is 12.3. The summed E-state index contributed by atoms with van der Waals surface area (Å²) in [6.45, 7) is -0.321.